The van der Waals surface area contributed by atoms with Gasteiger partial charge in [-0.15, -0.1) is 0 Å². The lowest BCUT2D eigenvalue weighted by atomic mass is 10.1. The number of aromatic nitrogens is 2. The standard InChI is InChI=1S/C14H12BrN3/c15-14-5-4-11(9-18-14)17-8-10-2-1-3-13-12(10)6-7-16-13/h1-7,9,16-17H,8H2. The molecule has 0 bridgehead atoms. The lowest BCUT2D eigenvalue weighted by molar-refractivity contribution is 1.15. The van der Waals surface area contributed by atoms with Crippen LogP contribution >= 0.6 is 15.9 Å². The summed E-state index contributed by atoms with van der Waals surface area (Å²) in [5, 5.41) is 4.63. The van der Waals surface area contributed by atoms with Crippen molar-refractivity contribution in [2.75, 3.05) is 5.32 Å². The summed E-state index contributed by atoms with van der Waals surface area (Å²) in [7, 11) is 0. The fourth-order valence-corrected chi connectivity index (χ4v) is 2.22. The third kappa shape index (κ3) is 2.24. The average molecular weight is 302 g/mol. The Morgan fingerprint density at radius 2 is 2.11 bits per heavy atom. The Kier molecular flexibility index (Phi) is 3.02. The van der Waals surface area contributed by atoms with E-state index in [9.17, 15) is 0 Å². The normalized spacial score (nSPS) is 10.7. The fourth-order valence-electron chi connectivity index (χ4n) is 1.98. The van der Waals surface area contributed by atoms with Crippen LogP contribution in [0.25, 0.3) is 10.9 Å². The largest absolute Gasteiger partial charge is 0.380 e. The van der Waals surface area contributed by atoms with Gasteiger partial charge in [-0.1, -0.05) is 12.1 Å². The molecule has 18 heavy (non-hydrogen) atoms. The van der Waals surface area contributed by atoms with Crippen molar-refractivity contribution in [3.63, 3.8) is 0 Å². The van der Waals surface area contributed by atoms with Crippen LogP contribution in [0.2, 0.25) is 0 Å². The highest BCUT2D eigenvalue weighted by Crippen LogP contribution is 2.19. The van der Waals surface area contributed by atoms with E-state index in [0.717, 1.165) is 16.8 Å². The van der Waals surface area contributed by atoms with E-state index >= 15 is 0 Å². The molecule has 1 aromatic carbocycles. The van der Waals surface area contributed by atoms with Crippen molar-refractivity contribution in [1.82, 2.24) is 9.97 Å². The fraction of sp³-hybridized carbons (Fsp3) is 0.0714. The van der Waals surface area contributed by atoms with E-state index < -0.39 is 0 Å². The van der Waals surface area contributed by atoms with E-state index in [2.05, 4.69) is 55.5 Å². The molecule has 0 aliphatic rings. The first kappa shape index (κ1) is 11.3. The third-order valence-corrected chi connectivity index (χ3v) is 3.36. The van der Waals surface area contributed by atoms with Crippen LogP contribution in [0.4, 0.5) is 5.69 Å². The predicted molar refractivity (Wildman–Crippen MR) is 77.6 cm³/mol. The molecule has 3 aromatic rings. The molecule has 0 unspecified atom stereocenters. The Morgan fingerprint density at radius 1 is 1.17 bits per heavy atom. The van der Waals surface area contributed by atoms with E-state index in [1.807, 2.05) is 24.5 Å². The molecule has 90 valence electrons. The van der Waals surface area contributed by atoms with Crippen LogP contribution in [0, 0.1) is 0 Å². The first-order valence-corrected chi connectivity index (χ1v) is 6.52. The summed E-state index contributed by atoms with van der Waals surface area (Å²) in [6, 6.07) is 12.3. The van der Waals surface area contributed by atoms with E-state index in [1.165, 1.54) is 16.5 Å². The van der Waals surface area contributed by atoms with E-state index in [4.69, 9.17) is 0 Å². The third-order valence-electron chi connectivity index (χ3n) is 2.90. The van der Waals surface area contributed by atoms with Crippen LogP contribution in [-0.2, 0) is 6.54 Å². The highest BCUT2D eigenvalue weighted by atomic mass is 79.9. The van der Waals surface area contributed by atoms with Crippen LogP contribution in [0.1, 0.15) is 5.56 Å². The van der Waals surface area contributed by atoms with Crippen LogP contribution in [0.15, 0.2) is 53.4 Å². The van der Waals surface area contributed by atoms with Crippen molar-refractivity contribution in [1.29, 1.82) is 0 Å². The summed E-state index contributed by atoms with van der Waals surface area (Å²) >= 11 is 3.33. The number of aromatic amines is 1. The van der Waals surface area contributed by atoms with Gasteiger partial charge < -0.3 is 10.3 Å². The van der Waals surface area contributed by atoms with Crippen molar-refractivity contribution >= 4 is 32.5 Å². The molecule has 0 fully saturated rings. The molecule has 0 aliphatic heterocycles. The number of fused-ring (bicyclic) bond motifs is 1. The Hall–Kier alpha value is -1.81. The van der Waals surface area contributed by atoms with Gasteiger partial charge in [0.25, 0.3) is 0 Å². The highest BCUT2D eigenvalue weighted by Gasteiger charge is 2.01. The number of rotatable bonds is 3. The topological polar surface area (TPSA) is 40.7 Å². The maximum Gasteiger partial charge on any atom is 0.106 e. The van der Waals surface area contributed by atoms with Gasteiger partial charge in [0, 0.05) is 23.6 Å². The first-order chi connectivity index (χ1) is 8.83. The molecule has 0 spiro atoms. The molecule has 3 nitrogen and oxygen atoms in total. The number of nitrogens with zero attached hydrogens (tertiary/aromatic N) is 1. The van der Waals surface area contributed by atoms with Gasteiger partial charge in [0.15, 0.2) is 0 Å². The Balaban J connectivity index is 1.80. The molecule has 2 aromatic heterocycles. The SMILES string of the molecule is Brc1ccc(NCc2cccc3[nH]ccc23)cn1. The molecule has 0 radical (unpaired) electrons. The molecule has 2 N–H and O–H groups in total. The van der Waals surface area contributed by atoms with E-state index in [0.29, 0.717) is 0 Å². The lowest BCUT2D eigenvalue weighted by Gasteiger charge is -2.07. The number of H-pyrrole nitrogens is 1. The van der Waals surface area contributed by atoms with E-state index in [-0.39, 0.29) is 0 Å². The molecule has 0 saturated carbocycles. The summed E-state index contributed by atoms with van der Waals surface area (Å²) < 4.78 is 0.848. The van der Waals surface area contributed by atoms with Gasteiger partial charge in [0.1, 0.15) is 4.60 Å². The molecule has 0 amide bonds. The van der Waals surface area contributed by atoms with Crippen molar-refractivity contribution < 1.29 is 0 Å². The van der Waals surface area contributed by atoms with Gasteiger partial charge >= 0.3 is 0 Å². The summed E-state index contributed by atoms with van der Waals surface area (Å²) in [5.41, 5.74) is 3.46. The second-order valence-corrected chi connectivity index (χ2v) is 4.89. The highest BCUT2D eigenvalue weighted by molar-refractivity contribution is 9.10. The van der Waals surface area contributed by atoms with Crippen LogP contribution in [-0.4, -0.2) is 9.97 Å². The minimum atomic E-state index is 0.790. The summed E-state index contributed by atoms with van der Waals surface area (Å²) in [4.78, 5) is 7.41. The zero-order valence-corrected chi connectivity index (χ0v) is 11.2. The monoisotopic (exact) mass is 301 g/mol. The van der Waals surface area contributed by atoms with E-state index in [1.54, 1.807) is 0 Å². The zero-order chi connectivity index (χ0) is 12.4. The first-order valence-electron chi connectivity index (χ1n) is 5.73. The maximum atomic E-state index is 4.19. The van der Waals surface area contributed by atoms with Gasteiger partial charge in [0.2, 0.25) is 0 Å². The van der Waals surface area contributed by atoms with Gasteiger partial charge in [-0.25, -0.2) is 4.98 Å². The molecule has 0 aliphatic carbocycles. The Morgan fingerprint density at radius 3 is 2.94 bits per heavy atom. The molecule has 2 heterocycles. The minimum absolute atomic E-state index is 0.790. The number of halogens is 1. The van der Waals surface area contributed by atoms with Crippen molar-refractivity contribution in [3.8, 4) is 0 Å². The summed E-state index contributed by atoms with van der Waals surface area (Å²) in [5.74, 6) is 0. The van der Waals surface area contributed by atoms with Gasteiger partial charge in [-0.3, -0.25) is 0 Å². The van der Waals surface area contributed by atoms with Gasteiger partial charge in [-0.2, -0.15) is 0 Å². The molecular weight excluding hydrogens is 290 g/mol. The quantitative estimate of drug-likeness (QED) is 0.720. The lowest BCUT2D eigenvalue weighted by Crippen LogP contribution is -1.99. The molecule has 3 rings (SSSR count). The Labute approximate surface area is 113 Å². The number of hydrogen-bond donors (Lipinski definition) is 2. The van der Waals surface area contributed by atoms with Crippen molar-refractivity contribution in [2.24, 2.45) is 0 Å². The number of pyridine rings is 1. The number of hydrogen-bond acceptors (Lipinski definition) is 2. The molecule has 0 saturated heterocycles. The predicted octanol–water partition coefficient (Wildman–Crippen LogP) is 3.94. The molecular formula is C14H12BrN3. The average Bonchev–Trinajstić information content (AvgIpc) is 2.87. The second-order valence-electron chi connectivity index (χ2n) is 4.08. The maximum absolute atomic E-state index is 4.19. The molecule has 4 heteroatoms. The number of anilines is 1. The number of benzene rings is 1. The van der Waals surface area contributed by atoms with Crippen molar-refractivity contribution in [2.45, 2.75) is 6.54 Å². The van der Waals surface area contributed by atoms with Gasteiger partial charge in [-0.05, 0) is 45.8 Å². The summed E-state index contributed by atoms with van der Waals surface area (Å²) in [6.45, 7) is 0.790. The van der Waals surface area contributed by atoms with Gasteiger partial charge in [0.05, 0.1) is 11.9 Å². The smallest absolute Gasteiger partial charge is 0.106 e. The van der Waals surface area contributed by atoms with Crippen LogP contribution in [0.5, 0.6) is 0 Å². The zero-order valence-electron chi connectivity index (χ0n) is 9.65. The van der Waals surface area contributed by atoms with Crippen molar-refractivity contribution in [3.05, 3.63) is 59.0 Å². The molecule has 0 atom stereocenters. The number of nitrogens with one attached hydrogen (secondary N) is 2. The summed E-state index contributed by atoms with van der Waals surface area (Å²) in [6.07, 6.45) is 3.79. The second kappa shape index (κ2) is 4.82. The Bertz CT molecular complexity index is 658. The van der Waals surface area contributed by atoms with Crippen LogP contribution in [0.3, 0.4) is 0 Å². The van der Waals surface area contributed by atoms with Crippen LogP contribution < -0.4 is 5.32 Å². The minimum Gasteiger partial charge on any atom is -0.380 e.